The summed E-state index contributed by atoms with van der Waals surface area (Å²) in [4.78, 5) is 20.8. The maximum absolute atomic E-state index is 12.5. The zero-order valence-corrected chi connectivity index (χ0v) is 18.0. The van der Waals surface area contributed by atoms with E-state index in [0.717, 1.165) is 27.9 Å². The molecule has 0 saturated heterocycles. The van der Waals surface area contributed by atoms with Crippen LogP contribution < -0.4 is 10.9 Å². The summed E-state index contributed by atoms with van der Waals surface area (Å²) in [5.41, 5.74) is 3.53. The highest BCUT2D eigenvalue weighted by Gasteiger charge is 2.15. The molecule has 0 bridgehead atoms. The maximum atomic E-state index is 12.5. The zero-order valence-electron chi connectivity index (χ0n) is 17.3. The molecule has 0 aliphatic heterocycles. The van der Waals surface area contributed by atoms with Crippen molar-refractivity contribution in [2.24, 2.45) is 7.05 Å². The molecule has 1 unspecified atom stereocenters. The first kappa shape index (κ1) is 20.6. The van der Waals surface area contributed by atoms with Crippen LogP contribution in [-0.4, -0.2) is 24.7 Å². The summed E-state index contributed by atoms with van der Waals surface area (Å²) < 4.78 is 1.61. The lowest BCUT2D eigenvalue weighted by Gasteiger charge is -2.17. The van der Waals surface area contributed by atoms with Crippen molar-refractivity contribution in [3.8, 4) is 6.07 Å². The first-order chi connectivity index (χ1) is 14.9. The standard InChI is InChI=1S/C22H20ClN7O/c1-12(22-27-13(2)28-29-22)26-18-10-20(31)30(3)19-5-4-14(9-16(18)19)8-15-6-7-25-21(23)17(15)11-24/h4-7,9-10,12,26H,8H2,1-3H3,(H,27,28,29). The lowest BCUT2D eigenvalue weighted by atomic mass is 10.00. The number of halogens is 1. The summed E-state index contributed by atoms with van der Waals surface area (Å²) in [6.45, 7) is 3.78. The van der Waals surface area contributed by atoms with Gasteiger partial charge in [-0.25, -0.2) is 9.97 Å². The Morgan fingerprint density at radius 2 is 2.13 bits per heavy atom. The Kier molecular flexibility index (Phi) is 5.44. The largest absolute Gasteiger partial charge is 0.375 e. The molecule has 1 atom stereocenters. The summed E-state index contributed by atoms with van der Waals surface area (Å²) in [6, 6.07) is 11.2. The molecule has 4 rings (SSSR count). The minimum atomic E-state index is -0.201. The number of benzene rings is 1. The Hall–Kier alpha value is -3.70. The number of pyridine rings is 2. The number of anilines is 1. The highest BCUT2D eigenvalue weighted by Crippen LogP contribution is 2.27. The van der Waals surface area contributed by atoms with Crippen LogP contribution in [-0.2, 0) is 13.5 Å². The van der Waals surface area contributed by atoms with Gasteiger partial charge in [-0.1, -0.05) is 17.7 Å². The van der Waals surface area contributed by atoms with Crippen molar-refractivity contribution >= 4 is 28.2 Å². The fraction of sp³-hybridized carbons (Fsp3) is 0.227. The SMILES string of the molecule is Cc1nc(C(C)Nc2cc(=O)n(C)c3ccc(Cc4ccnc(Cl)c4C#N)cc23)n[nH]1. The molecule has 1 aromatic carbocycles. The van der Waals surface area contributed by atoms with Gasteiger partial charge in [0.1, 0.15) is 17.0 Å². The van der Waals surface area contributed by atoms with Gasteiger partial charge >= 0.3 is 0 Å². The van der Waals surface area contributed by atoms with E-state index in [4.69, 9.17) is 11.6 Å². The van der Waals surface area contributed by atoms with Gasteiger partial charge in [0.25, 0.3) is 5.56 Å². The number of nitriles is 1. The molecule has 31 heavy (non-hydrogen) atoms. The molecule has 0 saturated carbocycles. The molecule has 9 heteroatoms. The second kappa shape index (κ2) is 8.20. The number of aromatic nitrogens is 5. The molecular weight excluding hydrogens is 414 g/mol. The van der Waals surface area contributed by atoms with E-state index >= 15 is 0 Å². The summed E-state index contributed by atoms with van der Waals surface area (Å²) in [6.07, 6.45) is 2.11. The molecular formula is C22H20ClN7O. The fourth-order valence-electron chi connectivity index (χ4n) is 3.55. The van der Waals surface area contributed by atoms with E-state index in [0.29, 0.717) is 23.5 Å². The van der Waals surface area contributed by atoms with Crippen LogP contribution in [0.5, 0.6) is 0 Å². The van der Waals surface area contributed by atoms with Gasteiger partial charge in [-0.3, -0.25) is 9.89 Å². The fourth-order valence-corrected chi connectivity index (χ4v) is 3.77. The van der Waals surface area contributed by atoms with Gasteiger partial charge < -0.3 is 9.88 Å². The third-order valence-corrected chi connectivity index (χ3v) is 5.47. The third kappa shape index (κ3) is 4.00. The molecule has 0 amide bonds. The van der Waals surface area contributed by atoms with Crippen LogP contribution in [0.3, 0.4) is 0 Å². The molecule has 2 N–H and O–H groups in total. The molecule has 0 radical (unpaired) electrons. The molecule has 0 aliphatic rings. The van der Waals surface area contributed by atoms with Crippen molar-refractivity contribution in [2.45, 2.75) is 26.3 Å². The van der Waals surface area contributed by atoms with E-state index in [2.05, 4.69) is 31.6 Å². The Morgan fingerprint density at radius 1 is 1.32 bits per heavy atom. The smallest absolute Gasteiger partial charge is 0.252 e. The minimum absolute atomic E-state index is 0.117. The number of H-pyrrole nitrogens is 1. The van der Waals surface area contributed by atoms with Crippen LogP contribution in [0.25, 0.3) is 10.9 Å². The second-order valence-electron chi connectivity index (χ2n) is 7.38. The van der Waals surface area contributed by atoms with E-state index in [1.807, 2.05) is 32.0 Å². The lowest BCUT2D eigenvalue weighted by molar-refractivity contribution is 0.795. The maximum Gasteiger partial charge on any atom is 0.252 e. The van der Waals surface area contributed by atoms with E-state index in [1.165, 1.54) is 0 Å². The number of hydrogen-bond acceptors (Lipinski definition) is 6. The Balaban J connectivity index is 1.77. The summed E-state index contributed by atoms with van der Waals surface area (Å²) in [5.74, 6) is 1.34. The predicted octanol–water partition coefficient (Wildman–Crippen LogP) is 3.65. The van der Waals surface area contributed by atoms with Gasteiger partial charge in [0.2, 0.25) is 0 Å². The molecule has 8 nitrogen and oxygen atoms in total. The van der Waals surface area contributed by atoms with Crippen molar-refractivity contribution in [2.75, 3.05) is 5.32 Å². The van der Waals surface area contributed by atoms with Crippen molar-refractivity contribution in [1.82, 2.24) is 24.7 Å². The molecule has 0 fully saturated rings. The van der Waals surface area contributed by atoms with Gasteiger partial charge in [0, 0.05) is 30.4 Å². The number of nitrogens with one attached hydrogen (secondary N) is 2. The monoisotopic (exact) mass is 433 g/mol. The zero-order chi connectivity index (χ0) is 22.1. The van der Waals surface area contributed by atoms with Crippen LogP contribution in [0.2, 0.25) is 5.15 Å². The highest BCUT2D eigenvalue weighted by atomic mass is 35.5. The van der Waals surface area contributed by atoms with Crippen LogP contribution in [0.4, 0.5) is 5.69 Å². The molecule has 0 aliphatic carbocycles. The molecule has 3 heterocycles. The predicted molar refractivity (Wildman–Crippen MR) is 119 cm³/mol. The van der Waals surface area contributed by atoms with Gasteiger partial charge in [0.15, 0.2) is 5.82 Å². The second-order valence-corrected chi connectivity index (χ2v) is 7.73. The number of aryl methyl sites for hydroxylation is 2. The van der Waals surface area contributed by atoms with Crippen LogP contribution in [0.15, 0.2) is 41.3 Å². The molecule has 0 spiro atoms. The van der Waals surface area contributed by atoms with Crippen molar-refractivity contribution in [3.63, 3.8) is 0 Å². The van der Waals surface area contributed by atoms with Crippen molar-refractivity contribution < 1.29 is 0 Å². The number of fused-ring (bicyclic) bond motifs is 1. The van der Waals surface area contributed by atoms with Crippen molar-refractivity contribution in [3.05, 3.63) is 80.4 Å². The number of rotatable bonds is 5. The van der Waals surface area contributed by atoms with E-state index in [-0.39, 0.29) is 16.8 Å². The number of hydrogen-bond donors (Lipinski definition) is 2. The van der Waals surface area contributed by atoms with Gasteiger partial charge in [0.05, 0.1) is 17.1 Å². The van der Waals surface area contributed by atoms with E-state index in [1.54, 1.807) is 29.9 Å². The summed E-state index contributed by atoms with van der Waals surface area (Å²) in [5, 5.41) is 20.9. The average Bonchev–Trinajstić information content (AvgIpc) is 3.18. The number of aromatic amines is 1. The summed E-state index contributed by atoms with van der Waals surface area (Å²) >= 11 is 6.08. The quantitative estimate of drug-likeness (QED) is 0.464. The summed E-state index contributed by atoms with van der Waals surface area (Å²) in [7, 11) is 1.74. The van der Waals surface area contributed by atoms with Crippen LogP contribution in [0, 0.1) is 18.3 Å². The first-order valence-corrected chi connectivity index (χ1v) is 10.1. The van der Waals surface area contributed by atoms with Gasteiger partial charge in [-0.15, -0.1) is 0 Å². The molecule has 4 aromatic rings. The first-order valence-electron chi connectivity index (χ1n) is 9.69. The Morgan fingerprint density at radius 3 is 2.84 bits per heavy atom. The minimum Gasteiger partial charge on any atom is -0.375 e. The molecule has 3 aromatic heterocycles. The van der Waals surface area contributed by atoms with Crippen molar-refractivity contribution in [1.29, 1.82) is 5.26 Å². The van der Waals surface area contributed by atoms with E-state index < -0.39 is 0 Å². The Labute approximate surface area is 183 Å². The normalized spacial score (nSPS) is 12.0. The van der Waals surface area contributed by atoms with Gasteiger partial charge in [-0.05, 0) is 49.6 Å². The van der Waals surface area contributed by atoms with Gasteiger partial charge in [-0.2, -0.15) is 10.4 Å². The van der Waals surface area contributed by atoms with E-state index in [9.17, 15) is 10.1 Å². The topological polar surface area (TPSA) is 112 Å². The lowest BCUT2D eigenvalue weighted by Crippen LogP contribution is -2.19. The Bertz CT molecular complexity index is 1380. The van der Waals surface area contributed by atoms with Crippen LogP contribution >= 0.6 is 11.6 Å². The average molecular weight is 434 g/mol. The number of nitrogens with zero attached hydrogens (tertiary/aromatic N) is 5. The third-order valence-electron chi connectivity index (χ3n) is 5.18. The highest BCUT2D eigenvalue weighted by molar-refractivity contribution is 6.30. The molecule has 156 valence electrons. The van der Waals surface area contributed by atoms with Crippen LogP contribution in [0.1, 0.15) is 41.3 Å².